The molecule has 1 aromatic heterocycles. The summed E-state index contributed by atoms with van der Waals surface area (Å²) in [7, 11) is -3.68. The fourth-order valence-electron chi connectivity index (χ4n) is 2.50. The van der Waals surface area contributed by atoms with Gasteiger partial charge in [-0.1, -0.05) is 17.3 Å². The molecule has 0 spiro atoms. The van der Waals surface area contributed by atoms with Gasteiger partial charge < -0.3 is 4.52 Å². The molecule has 0 aliphatic heterocycles. The van der Waals surface area contributed by atoms with Crippen molar-refractivity contribution in [2.75, 3.05) is 0 Å². The Kier molecular flexibility index (Phi) is 3.78. The van der Waals surface area contributed by atoms with E-state index in [1.807, 2.05) is 0 Å². The number of nitrogens with zero attached hydrogens (tertiary/aromatic N) is 2. The number of benzene rings is 1. The summed E-state index contributed by atoms with van der Waals surface area (Å²) in [6, 6.07) is 5.87. The lowest BCUT2D eigenvalue weighted by Crippen LogP contribution is -2.33. The van der Waals surface area contributed by atoms with Crippen LogP contribution in [-0.2, 0) is 16.6 Å². The van der Waals surface area contributed by atoms with E-state index in [0.717, 1.165) is 18.4 Å². The Morgan fingerprint density at radius 1 is 1.27 bits per heavy atom. The van der Waals surface area contributed by atoms with Crippen LogP contribution < -0.4 is 0 Å². The summed E-state index contributed by atoms with van der Waals surface area (Å²) in [5.74, 6) is -0.0439. The van der Waals surface area contributed by atoms with Gasteiger partial charge >= 0.3 is 0 Å². The Hall–Kier alpha value is -1.73. The third-order valence-corrected chi connectivity index (χ3v) is 5.88. The van der Waals surface area contributed by atoms with E-state index < -0.39 is 10.0 Å². The second-order valence-corrected chi connectivity index (χ2v) is 7.39. The van der Waals surface area contributed by atoms with Crippen molar-refractivity contribution in [3.05, 3.63) is 47.1 Å². The van der Waals surface area contributed by atoms with Gasteiger partial charge in [0.15, 0.2) is 5.76 Å². The van der Waals surface area contributed by atoms with Gasteiger partial charge in [-0.3, -0.25) is 0 Å². The Bertz CT molecular complexity index is 760. The van der Waals surface area contributed by atoms with Gasteiger partial charge in [-0.15, -0.1) is 0 Å². The second-order valence-electron chi connectivity index (χ2n) is 5.56. The normalized spacial score (nSPS) is 15.5. The van der Waals surface area contributed by atoms with Crippen molar-refractivity contribution in [1.82, 2.24) is 9.46 Å². The van der Waals surface area contributed by atoms with Crippen LogP contribution in [0.2, 0.25) is 0 Å². The van der Waals surface area contributed by atoms with Crippen molar-refractivity contribution < 1.29 is 17.3 Å². The van der Waals surface area contributed by atoms with Gasteiger partial charge in [0.1, 0.15) is 16.4 Å². The number of hydrogen-bond donors (Lipinski definition) is 0. The molecule has 1 aliphatic carbocycles. The van der Waals surface area contributed by atoms with E-state index in [4.69, 9.17) is 4.52 Å². The minimum absolute atomic E-state index is 0.0104. The summed E-state index contributed by atoms with van der Waals surface area (Å²) < 4.78 is 45.3. The van der Waals surface area contributed by atoms with E-state index in [2.05, 4.69) is 5.16 Å². The van der Waals surface area contributed by atoms with Crippen LogP contribution >= 0.6 is 0 Å². The molecule has 3 rings (SSSR count). The molecular formula is C15H17FN2O3S. The molecule has 5 nitrogen and oxygen atoms in total. The van der Waals surface area contributed by atoms with Crippen LogP contribution in [0.4, 0.5) is 4.39 Å². The van der Waals surface area contributed by atoms with E-state index in [9.17, 15) is 12.8 Å². The number of halogens is 1. The summed E-state index contributed by atoms with van der Waals surface area (Å²) in [4.78, 5) is 0.140. The molecule has 1 aromatic carbocycles. The van der Waals surface area contributed by atoms with Crippen LogP contribution in [0, 0.1) is 19.7 Å². The first-order valence-electron chi connectivity index (χ1n) is 7.09. The number of rotatable bonds is 5. The highest BCUT2D eigenvalue weighted by molar-refractivity contribution is 7.89. The molecule has 0 amide bonds. The average molecular weight is 324 g/mol. The zero-order chi connectivity index (χ0) is 15.9. The fourth-order valence-corrected chi connectivity index (χ4v) is 4.47. The standard InChI is InChI=1S/C15H17FN2O3S/c1-10-15(11(2)21-17-10)22(19,20)18(14-7-8-14)9-12-3-5-13(16)6-4-12/h3-6,14H,7-9H2,1-2H3. The smallest absolute Gasteiger partial charge is 0.249 e. The largest absolute Gasteiger partial charge is 0.360 e. The van der Waals surface area contributed by atoms with Gasteiger partial charge in [-0.25, -0.2) is 12.8 Å². The molecule has 0 radical (unpaired) electrons. The Labute approximate surface area is 128 Å². The van der Waals surface area contributed by atoms with E-state index in [1.165, 1.54) is 16.4 Å². The molecule has 0 unspecified atom stereocenters. The molecule has 1 saturated carbocycles. The molecule has 1 heterocycles. The summed E-state index contributed by atoms with van der Waals surface area (Å²) in [5, 5.41) is 3.73. The third kappa shape index (κ3) is 2.78. The zero-order valence-corrected chi connectivity index (χ0v) is 13.2. The number of aromatic nitrogens is 1. The molecule has 1 aliphatic rings. The topological polar surface area (TPSA) is 63.4 Å². The van der Waals surface area contributed by atoms with E-state index in [1.54, 1.807) is 26.0 Å². The average Bonchev–Trinajstić information content (AvgIpc) is 3.23. The first-order valence-corrected chi connectivity index (χ1v) is 8.53. The molecule has 2 aromatic rings. The number of aryl methyl sites for hydroxylation is 2. The predicted molar refractivity (Wildman–Crippen MR) is 78.1 cm³/mol. The molecule has 0 bridgehead atoms. The number of hydrogen-bond acceptors (Lipinski definition) is 4. The van der Waals surface area contributed by atoms with Crippen molar-refractivity contribution in [3.63, 3.8) is 0 Å². The van der Waals surface area contributed by atoms with Crippen molar-refractivity contribution in [2.45, 2.75) is 44.2 Å². The first kappa shape index (κ1) is 15.2. The molecule has 0 N–H and O–H groups in total. The van der Waals surface area contributed by atoms with Crippen LogP contribution in [0.25, 0.3) is 0 Å². The van der Waals surface area contributed by atoms with Crippen molar-refractivity contribution in [1.29, 1.82) is 0 Å². The lowest BCUT2D eigenvalue weighted by molar-refractivity contribution is 0.384. The molecule has 1 fully saturated rings. The Morgan fingerprint density at radius 3 is 2.41 bits per heavy atom. The van der Waals surface area contributed by atoms with E-state index in [0.29, 0.717) is 11.5 Å². The zero-order valence-electron chi connectivity index (χ0n) is 12.4. The van der Waals surface area contributed by atoms with Crippen LogP contribution in [0.5, 0.6) is 0 Å². The maximum Gasteiger partial charge on any atom is 0.249 e. The molecule has 0 atom stereocenters. The summed E-state index contributed by atoms with van der Waals surface area (Å²) in [5.41, 5.74) is 1.12. The van der Waals surface area contributed by atoms with Gasteiger partial charge in [-0.05, 0) is 44.4 Å². The van der Waals surface area contributed by atoms with Crippen LogP contribution in [0.1, 0.15) is 29.9 Å². The summed E-state index contributed by atoms with van der Waals surface area (Å²) in [6.07, 6.45) is 1.67. The molecule has 22 heavy (non-hydrogen) atoms. The minimum Gasteiger partial charge on any atom is -0.360 e. The first-order chi connectivity index (χ1) is 10.4. The van der Waals surface area contributed by atoms with Gasteiger partial charge in [0.25, 0.3) is 0 Å². The summed E-state index contributed by atoms with van der Waals surface area (Å²) in [6.45, 7) is 3.43. The van der Waals surface area contributed by atoms with Crippen LogP contribution in [-0.4, -0.2) is 23.9 Å². The van der Waals surface area contributed by atoms with Gasteiger partial charge in [0, 0.05) is 12.6 Å². The van der Waals surface area contributed by atoms with Crippen molar-refractivity contribution >= 4 is 10.0 Å². The maximum atomic E-state index is 13.0. The van der Waals surface area contributed by atoms with Gasteiger partial charge in [0.05, 0.1) is 0 Å². The molecular weight excluding hydrogens is 307 g/mol. The highest BCUT2D eigenvalue weighted by Crippen LogP contribution is 2.35. The minimum atomic E-state index is -3.68. The summed E-state index contributed by atoms with van der Waals surface area (Å²) >= 11 is 0. The van der Waals surface area contributed by atoms with E-state index >= 15 is 0 Å². The predicted octanol–water partition coefficient (Wildman–Crippen LogP) is 2.78. The lowest BCUT2D eigenvalue weighted by Gasteiger charge is -2.21. The highest BCUT2D eigenvalue weighted by Gasteiger charge is 2.40. The van der Waals surface area contributed by atoms with Crippen LogP contribution in [0.3, 0.4) is 0 Å². The fraction of sp³-hybridized carbons (Fsp3) is 0.400. The van der Waals surface area contributed by atoms with Gasteiger partial charge in [0.2, 0.25) is 10.0 Å². The Balaban J connectivity index is 1.96. The van der Waals surface area contributed by atoms with Gasteiger partial charge in [-0.2, -0.15) is 4.31 Å². The van der Waals surface area contributed by atoms with Crippen molar-refractivity contribution in [2.24, 2.45) is 0 Å². The molecule has 0 saturated heterocycles. The monoisotopic (exact) mass is 324 g/mol. The number of sulfonamides is 1. The highest BCUT2D eigenvalue weighted by atomic mass is 32.2. The molecule has 7 heteroatoms. The lowest BCUT2D eigenvalue weighted by atomic mass is 10.2. The SMILES string of the molecule is Cc1noc(C)c1S(=O)(=O)N(Cc1ccc(F)cc1)C1CC1. The molecule has 118 valence electrons. The Morgan fingerprint density at radius 2 is 1.91 bits per heavy atom. The quantitative estimate of drug-likeness (QED) is 0.848. The van der Waals surface area contributed by atoms with Crippen molar-refractivity contribution in [3.8, 4) is 0 Å². The van der Waals surface area contributed by atoms with Crippen LogP contribution in [0.15, 0.2) is 33.7 Å². The van der Waals surface area contributed by atoms with E-state index in [-0.39, 0.29) is 23.3 Å². The second kappa shape index (κ2) is 5.48. The third-order valence-electron chi connectivity index (χ3n) is 3.74. The maximum absolute atomic E-state index is 13.0.